The largest absolute Gasteiger partial charge is 0.380 e. The molecule has 0 bridgehead atoms. The minimum atomic E-state index is -3.60. The molecule has 2 rings (SSSR count). The van der Waals surface area contributed by atoms with Gasteiger partial charge in [-0.05, 0) is 17.5 Å². The van der Waals surface area contributed by atoms with Crippen molar-refractivity contribution in [1.82, 2.24) is 0 Å². The van der Waals surface area contributed by atoms with Gasteiger partial charge < -0.3 is 14.2 Å². The summed E-state index contributed by atoms with van der Waals surface area (Å²) in [7, 11) is -3.60. The zero-order valence-corrected chi connectivity index (χ0v) is 14.2. The minimum absolute atomic E-state index is 0.147. The number of benzene rings is 2. The van der Waals surface area contributed by atoms with Crippen molar-refractivity contribution in [2.24, 2.45) is 0 Å². The molecule has 0 amide bonds. The van der Waals surface area contributed by atoms with Gasteiger partial charge >= 0.3 is 7.60 Å². The molecule has 2 aromatic carbocycles. The van der Waals surface area contributed by atoms with E-state index in [1.807, 2.05) is 67.6 Å². The van der Waals surface area contributed by atoms with E-state index < -0.39 is 13.4 Å². The lowest BCUT2D eigenvalue weighted by Crippen LogP contribution is -2.12. The quantitative estimate of drug-likeness (QED) is 0.674. The Morgan fingerprint density at radius 3 is 1.74 bits per heavy atom. The van der Waals surface area contributed by atoms with Gasteiger partial charge in [0.05, 0.1) is 13.2 Å². The van der Waals surface area contributed by atoms with Crippen LogP contribution in [0.15, 0.2) is 60.7 Å². The molecule has 0 unspecified atom stereocenters. The topological polar surface area (TPSA) is 55.8 Å². The maximum Gasteiger partial charge on any atom is 0.359 e. The monoisotopic (exact) mass is 334 g/mol. The van der Waals surface area contributed by atoms with Crippen LogP contribution in [0.3, 0.4) is 0 Å². The van der Waals surface area contributed by atoms with E-state index in [0.29, 0.717) is 12.8 Å². The third-order valence-corrected chi connectivity index (χ3v) is 5.39. The van der Waals surface area contributed by atoms with E-state index in [0.717, 1.165) is 11.1 Å². The molecule has 0 saturated heterocycles. The van der Waals surface area contributed by atoms with Gasteiger partial charge in [-0.1, -0.05) is 74.0 Å². The van der Waals surface area contributed by atoms with Crippen LogP contribution in [0.2, 0.25) is 0 Å². The van der Waals surface area contributed by atoms with Crippen molar-refractivity contribution in [1.29, 1.82) is 0 Å². The first kappa shape index (κ1) is 17.9. The second-order valence-electron chi connectivity index (χ2n) is 5.33. The maximum absolute atomic E-state index is 13.0. The van der Waals surface area contributed by atoms with E-state index in [1.165, 1.54) is 0 Å². The first-order valence-corrected chi connectivity index (χ1v) is 9.40. The highest BCUT2D eigenvalue weighted by atomic mass is 31.2. The Labute approximate surface area is 137 Å². The van der Waals surface area contributed by atoms with E-state index in [9.17, 15) is 9.67 Å². The Kier molecular flexibility index (Phi) is 7.00. The second kappa shape index (κ2) is 8.99. The van der Waals surface area contributed by atoms with E-state index >= 15 is 0 Å². The Balaban J connectivity index is 2.03. The van der Waals surface area contributed by atoms with Crippen molar-refractivity contribution in [3.63, 3.8) is 0 Å². The van der Waals surface area contributed by atoms with Gasteiger partial charge in [0.2, 0.25) is 0 Å². The lowest BCUT2D eigenvalue weighted by Gasteiger charge is -2.23. The molecular weight excluding hydrogens is 311 g/mol. The molecule has 0 saturated carbocycles. The van der Waals surface area contributed by atoms with Crippen LogP contribution < -0.4 is 0 Å². The molecule has 0 aliphatic heterocycles. The Bertz CT molecular complexity index is 568. The highest BCUT2D eigenvalue weighted by Crippen LogP contribution is 2.54. The molecule has 1 atom stereocenters. The highest BCUT2D eigenvalue weighted by molar-refractivity contribution is 7.54. The summed E-state index contributed by atoms with van der Waals surface area (Å²) >= 11 is 0. The van der Waals surface area contributed by atoms with Gasteiger partial charge in [-0.15, -0.1) is 0 Å². The molecule has 124 valence electrons. The summed E-state index contributed by atoms with van der Waals surface area (Å²) in [6.45, 7) is 2.21. The third kappa shape index (κ3) is 5.60. The normalized spacial score (nSPS) is 13.0. The number of aliphatic hydroxyl groups is 1. The molecule has 0 aliphatic rings. The molecular formula is C18H23O4P. The van der Waals surface area contributed by atoms with Crippen LogP contribution in [0, 0.1) is 0 Å². The fraction of sp³-hybridized carbons (Fsp3) is 0.333. The first-order valence-electron chi connectivity index (χ1n) is 7.79. The van der Waals surface area contributed by atoms with Gasteiger partial charge in [-0.25, -0.2) is 0 Å². The number of hydrogen-bond donors (Lipinski definition) is 1. The van der Waals surface area contributed by atoms with E-state index in [-0.39, 0.29) is 13.2 Å². The molecule has 23 heavy (non-hydrogen) atoms. The van der Waals surface area contributed by atoms with E-state index in [2.05, 4.69) is 0 Å². The average molecular weight is 334 g/mol. The van der Waals surface area contributed by atoms with Crippen LogP contribution in [-0.2, 0) is 26.8 Å². The summed E-state index contributed by atoms with van der Waals surface area (Å²) in [5.41, 5.74) is 1.78. The first-order chi connectivity index (χ1) is 11.1. The summed E-state index contributed by atoms with van der Waals surface area (Å²) < 4.78 is 24.0. The zero-order valence-electron chi connectivity index (χ0n) is 13.3. The summed E-state index contributed by atoms with van der Waals surface area (Å²) in [6.07, 6.45) is 1.08. The van der Waals surface area contributed by atoms with Crippen LogP contribution in [0.4, 0.5) is 0 Å². The number of rotatable bonds is 9. The second-order valence-corrected chi connectivity index (χ2v) is 7.52. The molecule has 0 radical (unpaired) electrons. The maximum atomic E-state index is 13.0. The van der Waals surface area contributed by atoms with Crippen molar-refractivity contribution in [2.75, 3.05) is 0 Å². The summed E-state index contributed by atoms with van der Waals surface area (Å²) in [5, 5.41) is 10.2. The Morgan fingerprint density at radius 2 is 1.35 bits per heavy atom. The SMILES string of the molecule is CCC[C@@H](O)P(=O)(OCc1ccccc1)OCc1ccccc1. The predicted octanol–water partition coefficient (Wildman–Crippen LogP) is 4.73. The predicted molar refractivity (Wildman–Crippen MR) is 91.0 cm³/mol. The Hall–Kier alpha value is -1.45. The minimum Gasteiger partial charge on any atom is -0.380 e. The molecule has 0 aliphatic carbocycles. The van der Waals surface area contributed by atoms with E-state index in [1.54, 1.807) is 0 Å². The van der Waals surface area contributed by atoms with Crippen LogP contribution >= 0.6 is 7.60 Å². The van der Waals surface area contributed by atoms with Crippen molar-refractivity contribution >= 4 is 7.60 Å². The van der Waals surface area contributed by atoms with Crippen molar-refractivity contribution < 1.29 is 18.7 Å². The standard InChI is InChI=1S/C18H23O4P/c1-2-9-18(19)23(20,21-14-16-10-5-3-6-11-16)22-15-17-12-7-4-8-13-17/h3-8,10-13,18-19H,2,9,14-15H2,1H3/t18-/m0/s1. The smallest absolute Gasteiger partial charge is 0.359 e. The lowest BCUT2D eigenvalue weighted by molar-refractivity contribution is 0.128. The van der Waals surface area contributed by atoms with Crippen molar-refractivity contribution in [3.8, 4) is 0 Å². The van der Waals surface area contributed by atoms with Crippen LogP contribution in [0.5, 0.6) is 0 Å². The number of hydrogen-bond acceptors (Lipinski definition) is 4. The molecule has 2 aromatic rings. The van der Waals surface area contributed by atoms with Gasteiger partial charge in [-0.3, -0.25) is 4.57 Å². The molecule has 0 spiro atoms. The van der Waals surface area contributed by atoms with Crippen LogP contribution in [-0.4, -0.2) is 11.0 Å². The molecule has 1 N–H and O–H groups in total. The fourth-order valence-corrected chi connectivity index (χ4v) is 3.75. The lowest BCUT2D eigenvalue weighted by atomic mass is 10.2. The molecule has 4 nitrogen and oxygen atoms in total. The average Bonchev–Trinajstić information content (AvgIpc) is 2.60. The summed E-state index contributed by atoms with van der Waals surface area (Å²) in [4.78, 5) is 0. The molecule has 5 heteroatoms. The van der Waals surface area contributed by atoms with Crippen LogP contribution in [0.1, 0.15) is 30.9 Å². The van der Waals surface area contributed by atoms with Crippen molar-refractivity contribution in [3.05, 3.63) is 71.8 Å². The molecule has 0 heterocycles. The zero-order chi connectivity index (χ0) is 16.5. The summed E-state index contributed by atoms with van der Waals surface area (Å²) in [5.74, 6) is -1.11. The van der Waals surface area contributed by atoms with Gasteiger partial charge in [-0.2, -0.15) is 0 Å². The van der Waals surface area contributed by atoms with Gasteiger partial charge in [0.15, 0.2) is 5.85 Å². The highest BCUT2D eigenvalue weighted by Gasteiger charge is 2.34. The van der Waals surface area contributed by atoms with Crippen LogP contribution in [0.25, 0.3) is 0 Å². The van der Waals surface area contributed by atoms with Crippen molar-refractivity contribution in [2.45, 2.75) is 38.8 Å². The summed E-state index contributed by atoms with van der Waals surface area (Å²) in [6, 6.07) is 18.9. The Morgan fingerprint density at radius 1 is 0.913 bits per heavy atom. The fourth-order valence-electron chi connectivity index (χ4n) is 2.10. The van der Waals surface area contributed by atoms with Gasteiger partial charge in [0, 0.05) is 0 Å². The molecule has 0 fully saturated rings. The van der Waals surface area contributed by atoms with E-state index in [4.69, 9.17) is 9.05 Å². The van der Waals surface area contributed by atoms with Gasteiger partial charge in [0.25, 0.3) is 0 Å². The molecule has 0 aromatic heterocycles. The third-order valence-electron chi connectivity index (χ3n) is 3.42. The van der Waals surface area contributed by atoms with Gasteiger partial charge in [0.1, 0.15) is 0 Å². The number of aliphatic hydroxyl groups excluding tert-OH is 1.